The van der Waals surface area contributed by atoms with E-state index in [1.165, 1.54) is 18.2 Å². The lowest BCUT2D eigenvalue weighted by atomic mass is 10.3. The first-order chi connectivity index (χ1) is 9.66. The maximum absolute atomic E-state index is 11.9. The van der Waals surface area contributed by atoms with Gasteiger partial charge in [0, 0.05) is 6.54 Å². The molecule has 0 radical (unpaired) electrons. The summed E-state index contributed by atoms with van der Waals surface area (Å²) in [5, 5.41) is 2.89. The van der Waals surface area contributed by atoms with Crippen LogP contribution in [-0.4, -0.2) is 33.7 Å². The second-order valence-electron chi connectivity index (χ2n) is 4.08. The van der Waals surface area contributed by atoms with E-state index >= 15 is 0 Å². The van der Waals surface area contributed by atoms with E-state index in [4.69, 9.17) is 34.8 Å². The number of amides is 1. The first-order valence-corrected chi connectivity index (χ1v) is 8.65. The first kappa shape index (κ1) is 18.1. The molecule has 1 aromatic rings. The van der Waals surface area contributed by atoms with Gasteiger partial charge in [0.2, 0.25) is 15.9 Å². The standard InChI is InChI=1S/C12H13Cl3N2O3S/c1-3-4-16-12(18)7-17(21(2,19)20)11-6-9(14)8(13)5-10(11)15/h3,5-6H,1,4,7H2,2H3,(H,16,18). The Kier molecular flexibility index (Phi) is 6.34. The third-order valence-corrected chi connectivity index (χ3v) is 4.54. The van der Waals surface area contributed by atoms with Gasteiger partial charge in [-0.15, -0.1) is 6.58 Å². The minimum atomic E-state index is -3.73. The molecule has 0 aliphatic heterocycles. The second-order valence-corrected chi connectivity index (χ2v) is 7.21. The molecule has 5 nitrogen and oxygen atoms in total. The lowest BCUT2D eigenvalue weighted by Crippen LogP contribution is -2.40. The fourth-order valence-electron chi connectivity index (χ4n) is 1.46. The molecular formula is C12H13Cl3N2O3S. The number of carbonyl (C=O) groups is 1. The molecule has 21 heavy (non-hydrogen) atoms. The van der Waals surface area contributed by atoms with Crippen molar-refractivity contribution in [1.82, 2.24) is 5.32 Å². The summed E-state index contributed by atoms with van der Waals surface area (Å²) in [6.45, 7) is 3.26. The highest BCUT2D eigenvalue weighted by atomic mass is 35.5. The average Bonchev–Trinajstić information content (AvgIpc) is 2.37. The topological polar surface area (TPSA) is 66.5 Å². The molecule has 0 unspecified atom stereocenters. The summed E-state index contributed by atoms with van der Waals surface area (Å²) in [7, 11) is -3.73. The first-order valence-electron chi connectivity index (χ1n) is 5.66. The van der Waals surface area contributed by atoms with E-state index in [2.05, 4.69) is 11.9 Å². The maximum atomic E-state index is 11.9. The number of halogens is 3. The van der Waals surface area contributed by atoms with E-state index in [1.54, 1.807) is 0 Å². The molecule has 0 aliphatic carbocycles. The summed E-state index contributed by atoms with van der Waals surface area (Å²) < 4.78 is 24.6. The number of rotatable bonds is 6. The summed E-state index contributed by atoms with van der Waals surface area (Å²) in [5.74, 6) is -0.498. The average molecular weight is 372 g/mol. The van der Waals surface area contributed by atoms with E-state index in [-0.39, 0.29) is 27.3 Å². The highest BCUT2D eigenvalue weighted by Crippen LogP contribution is 2.35. The Bertz CT molecular complexity index is 662. The van der Waals surface area contributed by atoms with Crippen LogP contribution in [0.15, 0.2) is 24.8 Å². The predicted octanol–water partition coefficient (Wildman–Crippen LogP) is 2.72. The number of sulfonamides is 1. The van der Waals surface area contributed by atoms with Crippen molar-refractivity contribution in [3.63, 3.8) is 0 Å². The van der Waals surface area contributed by atoms with Gasteiger partial charge in [0.15, 0.2) is 0 Å². The Morgan fingerprint density at radius 2 is 1.86 bits per heavy atom. The minimum absolute atomic E-state index is 0.0753. The van der Waals surface area contributed by atoms with Gasteiger partial charge in [-0.1, -0.05) is 40.9 Å². The smallest absolute Gasteiger partial charge is 0.241 e. The van der Waals surface area contributed by atoms with Crippen molar-refractivity contribution in [2.45, 2.75) is 0 Å². The molecule has 1 amide bonds. The van der Waals surface area contributed by atoms with Crippen LogP contribution < -0.4 is 9.62 Å². The van der Waals surface area contributed by atoms with Crippen LogP contribution >= 0.6 is 34.8 Å². The van der Waals surface area contributed by atoms with Crippen LogP contribution in [0.5, 0.6) is 0 Å². The van der Waals surface area contributed by atoms with Crippen LogP contribution in [0, 0.1) is 0 Å². The molecule has 0 fully saturated rings. The molecule has 0 bridgehead atoms. The third kappa shape index (κ3) is 5.07. The van der Waals surface area contributed by atoms with Crippen LogP contribution in [0.2, 0.25) is 15.1 Å². The summed E-state index contributed by atoms with van der Waals surface area (Å²) >= 11 is 17.7. The van der Waals surface area contributed by atoms with Crippen LogP contribution in [-0.2, 0) is 14.8 Å². The summed E-state index contributed by atoms with van der Waals surface area (Å²) in [6, 6.07) is 2.62. The second kappa shape index (κ2) is 7.35. The Balaban J connectivity index is 3.19. The maximum Gasteiger partial charge on any atom is 0.241 e. The monoisotopic (exact) mass is 370 g/mol. The van der Waals surface area contributed by atoms with Gasteiger partial charge in [-0.3, -0.25) is 9.10 Å². The normalized spacial score (nSPS) is 11.0. The van der Waals surface area contributed by atoms with Gasteiger partial charge >= 0.3 is 0 Å². The molecule has 0 saturated heterocycles. The molecule has 0 heterocycles. The SMILES string of the molecule is C=CCNC(=O)CN(c1cc(Cl)c(Cl)cc1Cl)S(C)(=O)=O. The number of hydrogen-bond donors (Lipinski definition) is 1. The van der Waals surface area contributed by atoms with Crippen LogP contribution in [0.3, 0.4) is 0 Å². The third-order valence-electron chi connectivity index (χ3n) is 2.39. The molecule has 1 rings (SSSR count). The molecular weight excluding hydrogens is 359 g/mol. The van der Waals surface area contributed by atoms with Crippen molar-refractivity contribution in [3.8, 4) is 0 Å². The zero-order chi connectivity index (χ0) is 16.2. The molecule has 1 aromatic carbocycles. The fourth-order valence-corrected chi connectivity index (χ4v) is 3.01. The van der Waals surface area contributed by atoms with Gasteiger partial charge in [-0.2, -0.15) is 0 Å². The molecule has 0 spiro atoms. The van der Waals surface area contributed by atoms with E-state index in [0.29, 0.717) is 0 Å². The molecule has 0 aliphatic rings. The molecule has 0 saturated carbocycles. The van der Waals surface area contributed by atoms with Crippen molar-refractivity contribution in [2.24, 2.45) is 0 Å². The fraction of sp³-hybridized carbons (Fsp3) is 0.250. The van der Waals surface area contributed by atoms with E-state index < -0.39 is 22.5 Å². The van der Waals surface area contributed by atoms with Gasteiger partial charge in [0.1, 0.15) is 6.54 Å². The highest BCUT2D eigenvalue weighted by molar-refractivity contribution is 7.92. The van der Waals surface area contributed by atoms with Crippen molar-refractivity contribution in [2.75, 3.05) is 23.7 Å². The zero-order valence-corrected chi connectivity index (χ0v) is 14.2. The molecule has 0 atom stereocenters. The minimum Gasteiger partial charge on any atom is -0.351 e. The van der Waals surface area contributed by atoms with E-state index in [0.717, 1.165) is 10.6 Å². The van der Waals surface area contributed by atoms with Gasteiger partial charge < -0.3 is 5.32 Å². The number of benzene rings is 1. The lowest BCUT2D eigenvalue weighted by Gasteiger charge is -2.23. The number of hydrogen-bond acceptors (Lipinski definition) is 3. The number of nitrogens with zero attached hydrogens (tertiary/aromatic N) is 1. The Labute approximate surface area is 138 Å². The largest absolute Gasteiger partial charge is 0.351 e. The van der Waals surface area contributed by atoms with Gasteiger partial charge in [-0.25, -0.2) is 8.42 Å². The molecule has 0 aromatic heterocycles. The summed E-state index contributed by atoms with van der Waals surface area (Å²) in [6.07, 6.45) is 2.45. The van der Waals surface area contributed by atoms with E-state index in [1.807, 2.05) is 0 Å². The Morgan fingerprint density at radius 3 is 2.38 bits per heavy atom. The zero-order valence-electron chi connectivity index (χ0n) is 11.1. The number of nitrogens with one attached hydrogen (secondary N) is 1. The van der Waals surface area contributed by atoms with E-state index in [9.17, 15) is 13.2 Å². The molecule has 116 valence electrons. The van der Waals surface area contributed by atoms with Gasteiger partial charge in [0.25, 0.3) is 0 Å². The van der Waals surface area contributed by atoms with Crippen molar-refractivity contribution < 1.29 is 13.2 Å². The van der Waals surface area contributed by atoms with Gasteiger partial charge in [0.05, 0.1) is 27.0 Å². The summed E-state index contributed by atoms with van der Waals surface area (Å²) in [5.41, 5.74) is 0.0855. The highest BCUT2D eigenvalue weighted by Gasteiger charge is 2.23. The predicted molar refractivity (Wildman–Crippen MR) is 86.9 cm³/mol. The molecule has 1 N–H and O–H groups in total. The van der Waals surface area contributed by atoms with Crippen molar-refractivity contribution >= 4 is 56.4 Å². The van der Waals surface area contributed by atoms with Gasteiger partial charge in [-0.05, 0) is 12.1 Å². The van der Waals surface area contributed by atoms with Crippen LogP contribution in [0.4, 0.5) is 5.69 Å². The van der Waals surface area contributed by atoms with Crippen molar-refractivity contribution in [3.05, 3.63) is 39.9 Å². The lowest BCUT2D eigenvalue weighted by molar-refractivity contribution is -0.119. The Hall–Kier alpha value is -0.950. The van der Waals surface area contributed by atoms with Crippen molar-refractivity contribution in [1.29, 1.82) is 0 Å². The molecule has 9 heteroatoms. The summed E-state index contributed by atoms with van der Waals surface area (Å²) in [4.78, 5) is 11.7. The Morgan fingerprint density at radius 1 is 1.29 bits per heavy atom. The van der Waals surface area contributed by atoms with Crippen LogP contribution in [0.1, 0.15) is 0 Å². The number of carbonyl (C=O) groups excluding carboxylic acids is 1. The van der Waals surface area contributed by atoms with Crippen LogP contribution in [0.25, 0.3) is 0 Å². The quantitative estimate of drug-likeness (QED) is 0.617. The number of anilines is 1.